The zero-order valence-electron chi connectivity index (χ0n) is 13.2. The van der Waals surface area contributed by atoms with Gasteiger partial charge in [0, 0.05) is 25.1 Å². The number of nitrogens with zero attached hydrogens (tertiary/aromatic N) is 2. The van der Waals surface area contributed by atoms with Crippen molar-refractivity contribution in [3.05, 3.63) is 11.9 Å². The molecule has 0 amide bonds. The van der Waals surface area contributed by atoms with Crippen LogP contribution in [0.2, 0.25) is 0 Å². The highest BCUT2D eigenvalue weighted by atomic mass is 32.2. The van der Waals surface area contributed by atoms with E-state index in [1.165, 1.54) is 18.6 Å². The first-order chi connectivity index (χ1) is 9.67. The van der Waals surface area contributed by atoms with Gasteiger partial charge in [-0.05, 0) is 31.3 Å². The van der Waals surface area contributed by atoms with Crippen LogP contribution in [-0.2, 0) is 0 Å². The van der Waals surface area contributed by atoms with Gasteiger partial charge < -0.3 is 10.6 Å². The molecule has 5 heteroatoms. The fraction of sp³-hybridized carbons (Fsp3) is 0.733. The molecular formula is C15H28N4S. The molecule has 0 fully saturated rings. The fourth-order valence-electron chi connectivity index (χ4n) is 1.75. The van der Waals surface area contributed by atoms with Gasteiger partial charge in [-0.2, -0.15) is 11.8 Å². The van der Waals surface area contributed by atoms with Crippen LogP contribution in [0.15, 0.2) is 6.07 Å². The summed E-state index contributed by atoms with van der Waals surface area (Å²) in [6.45, 7) is 8.33. The topological polar surface area (TPSA) is 49.8 Å². The van der Waals surface area contributed by atoms with Gasteiger partial charge in [-0.15, -0.1) is 0 Å². The van der Waals surface area contributed by atoms with Gasteiger partial charge in [0.15, 0.2) is 0 Å². The third kappa shape index (κ3) is 6.46. The fourth-order valence-corrected chi connectivity index (χ4v) is 2.24. The first-order valence-corrected chi connectivity index (χ1v) is 8.92. The van der Waals surface area contributed by atoms with Crippen molar-refractivity contribution in [2.45, 2.75) is 46.0 Å². The van der Waals surface area contributed by atoms with Crippen molar-refractivity contribution < 1.29 is 0 Å². The summed E-state index contributed by atoms with van der Waals surface area (Å²) < 4.78 is 0. The average molecular weight is 296 g/mol. The van der Waals surface area contributed by atoms with Crippen LogP contribution in [0.4, 0.5) is 11.6 Å². The number of thioether (sulfide) groups is 1. The van der Waals surface area contributed by atoms with Gasteiger partial charge in [-0.3, -0.25) is 0 Å². The summed E-state index contributed by atoms with van der Waals surface area (Å²) in [5.41, 5.74) is 0. The Kier molecular flexibility index (Phi) is 8.42. The predicted molar refractivity (Wildman–Crippen MR) is 91.0 cm³/mol. The van der Waals surface area contributed by atoms with Crippen molar-refractivity contribution in [2.24, 2.45) is 0 Å². The highest BCUT2D eigenvalue weighted by Gasteiger charge is 2.07. The number of aromatic nitrogens is 2. The summed E-state index contributed by atoms with van der Waals surface area (Å²) in [6, 6.07) is 2.01. The van der Waals surface area contributed by atoms with E-state index in [-0.39, 0.29) is 0 Å². The Hall–Kier alpha value is -0.970. The second-order valence-electron chi connectivity index (χ2n) is 5.20. The number of hydrogen-bond acceptors (Lipinski definition) is 5. The van der Waals surface area contributed by atoms with Crippen molar-refractivity contribution in [3.63, 3.8) is 0 Å². The Bertz CT molecular complexity index is 382. The van der Waals surface area contributed by atoms with E-state index in [0.29, 0.717) is 5.92 Å². The van der Waals surface area contributed by atoms with Gasteiger partial charge in [-0.1, -0.05) is 20.8 Å². The second-order valence-corrected chi connectivity index (χ2v) is 6.19. The molecule has 0 bridgehead atoms. The van der Waals surface area contributed by atoms with Crippen LogP contribution in [0.25, 0.3) is 0 Å². The van der Waals surface area contributed by atoms with E-state index in [0.717, 1.165) is 37.0 Å². The van der Waals surface area contributed by atoms with Crippen molar-refractivity contribution >= 4 is 23.4 Å². The van der Waals surface area contributed by atoms with E-state index in [9.17, 15) is 0 Å². The molecule has 114 valence electrons. The molecule has 0 spiro atoms. The predicted octanol–water partition coefficient (Wildman–Crippen LogP) is 3.98. The molecule has 2 N–H and O–H groups in total. The van der Waals surface area contributed by atoms with Crippen molar-refractivity contribution in [1.29, 1.82) is 0 Å². The quantitative estimate of drug-likeness (QED) is 0.640. The monoisotopic (exact) mass is 296 g/mol. The Labute approximate surface area is 127 Å². The molecule has 20 heavy (non-hydrogen) atoms. The normalized spacial score (nSPS) is 10.8. The van der Waals surface area contributed by atoms with Gasteiger partial charge in [0.1, 0.15) is 17.5 Å². The molecule has 0 aromatic carbocycles. The molecule has 0 aliphatic carbocycles. The van der Waals surface area contributed by atoms with Crippen LogP contribution in [0, 0.1) is 0 Å². The lowest BCUT2D eigenvalue weighted by Crippen LogP contribution is -2.10. The van der Waals surface area contributed by atoms with Gasteiger partial charge in [-0.25, -0.2) is 9.97 Å². The zero-order valence-corrected chi connectivity index (χ0v) is 14.0. The maximum Gasteiger partial charge on any atom is 0.135 e. The van der Waals surface area contributed by atoms with Crippen molar-refractivity contribution in [3.8, 4) is 0 Å². The zero-order chi connectivity index (χ0) is 14.8. The highest BCUT2D eigenvalue weighted by Crippen LogP contribution is 2.17. The third-order valence-electron chi connectivity index (χ3n) is 2.90. The number of nitrogens with one attached hydrogen (secondary N) is 2. The third-order valence-corrected chi connectivity index (χ3v) is 3.59. The molecular weight excluding hydrogens is 268 g/mol. The van der Waals surface area contributed by atoms with E-state index in [2.05, 4.69) is 47.6 Å². The summed E-state index contributed by atoms with van der Waals surface area (Å²) >= 11 is 1.90. The first kappa shape index (κ1) is 17.1. The molecule has 1 aromatic rings. The molecule has 0 radical (unpaired) electrons. The minimum Gasteiger partial charge on any atom is -0.370 e. The van der Waals surface area contributed by atoms with Crippen molar-refractivity contribution in [1.82, 2.24) is 9.97 Å². The lowest BCUT2D eigenvalue weighted by atomic mass is 10.2. The number of hydrogen-bond donors (Lipinski definition) is 2. The lowest BCUT2D eigenvalue weighted by Gasteiger charge is -2.12. The molecule has 4 nitrogen and oxygen atoms in total. The molecule has 0 saturated carbocycles. The maximum atomic E-state index is 4.59. The van der Waals surface area contributed by atoms with E-state index in [1.54, 1.807) is 0 Å². The SMILES string of the molecule is CCCNc1cc(NCCCCSC)nc(C(C)C)n1. The minimum absolute atomic E-state index is 0.343. The lowest BCUT2D eigenvalue weighted by molar-refractivity contribution is 0.770. The molecule has 1 heterocycles. The maximum absolute atomic E-state index is 4.59. The van der Waals surface area contributed by atoms with Gasteiger partial charge in [0.2, 0.25) is 0 Å². The van der Waals surface area contributed by atoms with Crippen LogP contribution < -0.4 is 10.6 Å². The molecule has 0 aliphatic heterocycles. The van der Waals surface area contributed by atoms with Crippen LogP contribution >= 0.6 is 11.8 Å². The molecule has 0 saturated heterocycles. The average Bonchev–Trinajstić information content (AvgIpc) is 2.44. The summed E-state index contributed by atoms with van der Waals surface area (Å²) in [7, 11) is 0. The Morgan fingerprint density at radius 3 is 2.30 bits per heavy atom. The summed E-state index contributed by atoms with van der Waals surface area (Å²) in [4.78, 5) is 9.15. The van der Waals surface area contributed by atoms with E-state index in [1.807, 2.05) is 17.8 Å². The van der Waals surface area contributed by atoms with Crippen molar-refractivity contribution in [2.75, 3.05) is 35.7 Å². The Balaban J connectivity index is 2.60. The molecule has 0 aliphatic rings. The summed E-state index contributed by atoms with van der Waals surface area (Å²) in [5, 5.41) is 6.76. The van der Waals surface area contributed by atoms with E-state index in [4.69, 9.17) is 0 Å². The highest BCUT2D eigenvalue weighted by molar-refractivity contribution is 7.98. The smallest absolute Gasteiger partial charge is 0.135 e. The van der Waals surface area contributed by atoms with Gasteiger partial charge >= 0.3 is 0 Å². The van der Waals surface area contributed by atoms with Gasteiger partial charge in [0.25, 0.3) is 0 Å². The largest absolute Gasteiger partial charge is 0.370 e. The number of rotatable bonds is 10. The Morgan fingerprint density at radius 1 is 1.10 bits per heavy atom. The standard InChI is InChI=1S/C15H28N4S/c1-5-8-16-13-11-14(17-9-6-7-10-20-4)19-15(18-13)12(2)3/h11-12H,5-10H2,1-4H3,(H2,16,17,18,19). The molecule has 0 atom stereocenters. The Morgan fingerprint density at radius 2 is 1.75 bits per heavy atom. The molecule has 1 aromatic heterocycles. The second kappa shape index (κ2) is 9.86. The van der Waals surface area contributed by atoms with Crippen LogP contribution in [-0.4, -0.2) is 35.1 Å². The summed E-state index contributed by atoms with van der Waals surface area (Å²) in [5.74, 6) is 4.34. The van der Waals surface area contributed by atoms with E-state index < -0.39 is 0 Å². The molecule has 0 unspecified atom stereocenters. The first-order valence-electron chi connectivity index (χ1n) is 7.53. The van der Waals surface area contributed by atoms with Crippen LogP contribution in [0.1, 0.15) is 51.8 Å². The van der Waals surface area contributed by atoms with Crippen LogP contribution in [0.3, 0.4) is 0 Å². The van der Waals surface area contributed by atoms with Crippen LogP contribution in [0.5, 0.6) is 0 Å². The molecule has 1 rings (SSSR count). The minimum atomic E-state index is 0.343. The summed E-state index contributed by atoms with van der Waals surface area (Å²) in [6.07, 6.45) is 5.67. The number of anilines is 2. The van der Waals surface area contributed by atoms with E-state index >= 15 is 0 Å². The number of unbranched alkanes of at least 4 members (excludes halogenated alkanes) is 1. The van der Waals surface area contributed by atoms with Gasteiger partial charge in [0.05, 0.1) is 0 Å².